The molecule has 1 aliphatic heterocycles. The van der Waals surface area contributed by atoms with Crippen LogP contribution in [0.4, 0.5) is 16.2 Å². The molecule has 0 bridgehead atoms. The van der Waals surface area contributed by atoms with Crippen LogP contribution >= 0.6 is 11.6 Å². The summed E-state index contributed by atoms with van der Waals surface area (Å²) in [5.41, 5.74) is 2.90. The first kappa shape index (κ1) is 22.4. The molecule has 176 valence electrons. The molecule has 0 fully saturated rings. The number of aromatic nitrogens is 4. The fraction of sp³-hybridized carbons (Fsp3) is 0.125. The number of urea groups is 1. The van der Waals surface area contributed by atoms with Gasteiger partial charge in [0.15, 0.2) is 0 Å². The zero-order valence-corrected chi connectivity index (χ0v) is 19.3. The maximum Gasteiger partial charge on any atom is 0.323 e. The van der Waals surface area contributed by atoms with E-state index in [1.54, 1.807) is 72.7 Å². The van der Waals surface area contributed by atoms with Gasteiger partial charge >= 0.3 is 6.03 Å². The molecule has 1 unspecified atom stereocenters. The molecule has 0 saturated heterocycles. The number of carbonyl (C=O) groups is 2. The summed E-state index contributed by atoms with van der Waals surface area (Å²) in [7, 11) is 1.77. The van der Waals surface area contributed by atoms with Gasteiger partial charge in [-0.2, -0.15) is 5.10 Å². The van der Waals surface area contributed by atoms with Crippen LogP contribution in [0.2, 0.25) is 5.02 Å². The average Bonchev–Trinajstić information content (AvgIpc) is 3.41. The third-order valence-electron chi connectivity index (χ3n) is 5.76. The Morgan fingerprint density at radius 2 is 1.69 bits per heavy atom. The van der Waals surface area contributed by atoms with Crippen molar-refractivity contribution in [2.24, 2.45) is 7.05 Å². The monoisotopic (exact) mass is 489 g/mol. The number of nitrogens with one attached hydrogen (secondary N) is 2. The quantitative estimate of drug-likeness (QED) is 0.456. The van der Waals surface area contributed by atoms with Gasteiger partial charge in [-0.1, -0.05) is 11.6 Å². The van der Waals surface area contributed by atoms with E-state index in [1.165, 1.54) is 21.9 Å². The molecule has 4 aromatic rings. The number of halogens is 1. The molecule has 0 aliphatic carbocycles. The maximum atomic E-state index is 13.4. The Kier molecular flexibility index (Phi) is 5.79. The molecule has 35 heavy (non-hydrogen) atoms. The van der Waals surface area contributed by atoms with Crippen molar-refractivity contribution < 1.29 is 9.59 Å². The zero-order chi connectivity index (χ0) is 24.5. The number of benzene rings is 2. The van der Waals surface area contributed by atoms with Gasteiger partial charge in [-0.15, -0.1) is 0 Å². The van der Waals surface area contributed by atoms with Crippen LogP contribution < -0.4 is 16.2 Å². The van der Waals surface area contributed by atoms with E-state index in [2.05, 4.69) is 20.7 Å². The fourth-order valence-electron chi connectivity index (χ4n) is 4.00. The van der Waals surface area contributed by atoms with E-state index in [-0.39, 0.29) is 18.0 Å². The predicted octanol–water partition coefficient (Wildman–Crippen LogP) is 3.35. The second kappa shape index (κ2) is 9.07. The summed E-state index contributed by atoms with van der Waals surface area (Å²) in [4.78, 5) is 43.7. The predicted molar refractivity (Wildman–Crippen MR) is 130 cm³/mol. The Balaban J connectivity index is 1.37. The van der Waals surface area contributed by atoms with Crippen LogP contribution in [0.25, 0.3) is 5.69 Å². The van der Waals surface area contributed by atoms with E-state index in [0.717, 1.165) is 5.69 Å². The van der Waals surface area contributed by atoms with E-state index in [4.69, 9.17) is 11.6 Å². The number of hydrogen-bond donors (Lipinski definition) is 2. The lowest BCUT2D eigenvalue weighted by Crippen LogP contribution is -2.39. The molecule has 2 N–H and O–H groups in total. The Bertz CT molecular complexity index is 1460. The molecule has 0 radical (unpaired) electrons. The van der Waals surface area contributed by atoms with Gasteiger partial charge < -0.3 is 15.5 Å². The highest BCUT2D eigenvalue weighted by Crippen LogP contribution is 2.35. The molecule has 11 heteroatoms. The van der Waals surface area contributed by atoms with Crippen molar-refractivity contribution in [1.82, 2.24) is 24.2 Å². The maximum absolute atomic E-state index is 13.4. The van der Waals surface area contributed by atoms with E-state index < -0.39 is 12.1 Å². The van der Waals surface area contributed by atoms with Crippen molar-refractivity contribution in [3.63, 3.8) is 0 Å². The summed E-state index contributed by atoms with van der Waals surface area (Å²) < 4.78 is 3.10. The van der Waals surface area contributed by atoms with Crippen LogP contribution in [0.15, 0.2) is 78.1 Å². The number of fused-ring (bicyclic) bond motifs is 1. The molecule has 1 atom stereocenters. The van der Waals surface area contributed by atoms with E-state index >= 15 is 0 Å². The van der Waals surface area contributed by atoms with Gasteiger partial charge in [0.25, 0.3) is 11.5 Å². The second-order valence-electron chi connectivity index (χ2n) is 7.96. The molecule has 3 amide bonds. The fourth-order valence-corrected chi connectivity index (χ4v) is 4.13. The number of rotatable bonds is 4. The van der Waals surface area contributed by atoms with Crippen LogP contribution in [0.3, 0.4) is 0 Å². The molecule has 0 saturated carbocycles. The Labute approximate surface area is 204 Å². The first-order valence-electron chi connectivity index (χ1n) is 10.7. The van der Waals surface area contributed by atoms with Gasteiger partial charge in [0.2, 0.25) is 0 Å². The van der Waals surface area contributed by atoms with Crippen LogP contribution in [-0.4, -0.2) is 36.2 Å². The molecule has 2 aromatic carbocycles. The first-order valence-corrected chi connectivity index (χ1v) is 11.1. The van der Waals surface area contributed by atoms with Crippen molar-refractivity contribution in [2.45, 2.75) is 12.6 Å². The van der Waals surface area contributed by atoms with Crippen molar-refractivity contribution in [3.05, 3.63) is 100.0 Å². The number of amides is 3. The lowest BCUT2D eigenvalue weighted by atomic mass is 10.1. The zero-order valence-electron chi connectivity index (χ0n) is 18.6. The lowest BCUT2D eigenvalue weighted by molar-refractivity contribution is -0.120. The minimum atomic E-state index is -0.867. The Morgan fingerprint density at radius 1 is 1.00 bits per heavy atom. The second-order valence-corrected chi connectivity index (χ2v) is 8.39. The standard InChI is InChI=1S/C24H20ClN7O3/c1-30-20-14-32(24(35)29-17-4-2-15(25)3-5-17)22(19(20)12-27-30)23(34)28-16-6-8-18(9-7-16)31-11-10-26-13-21(31)33/h2-13,22H,14H2,1H3,(H,28,34)(H,29,35). The summed E-state index contributed by atoms with van der Waals surface area (Å²) in [6.45, 7) is 0.229. The SMILES string of the molecule is Cn1ncc2c1CN(C(=O)Nc1ccc(Cl)cc1)C2C(=O)Nc1ccc(-n2ccncc2=O)cc1. The molecular weight excluding hydrogens is 470 g/mol. The summed E-state index contributed by atoms with van der Waals surface area (Å²) in [6.07, 6.45) is 5.92. The van der Waals surface area contributed by atoms with E-state index in [1.807, 2.05) is 0 Å². The summed E-state index contributed by atoms with van der Waals surface area (Å²) >= 11 is 5.93. The van der Waals surface area contributed by atoms with Crippen molar-refractivity contribution in [2.75, 3.05) is 10.6 Å². The minimum absolute atomic E-state index is 0.229. The number of hydrogen-bond acceptors (Lipinski definition) is 5. The van der Waals surface area contributed by atoms with Crippen LogP contribution in [0, 0.1) is 0 Å². The third kappa shape index (κ3) is 4.38. The number of anilines is 2. The van der Waals surface area contributed by atoms with E-state index in [0.29, 0.717) is 27.6 Å². The van der Waals surface area contributed by atoms with Crippen molar-refractivity contribution in [1.29, 1.82) is 0 Å². The van der Waals surface area contributed by atoms with Crippen LogP contribution in [0.5, 0.6) is 0 Å². The largest absolute Gasteiger partial charge is 0.324 e. The van der Waals surface area contributed by atoms with Crippen molar-refractivity contribution >= 4 is 34.9 Å². The third-order valence-corrected chi connectivity index (χ3v) is 6.01. The topological polar surface area (TPSA) is 114 Å². The highest BCUT2D eigenvalue weighted by molar-refractivity contribution is 6.30. The molecular formula is C24H20ClN7O3. The smallest absolute Gasteiger partial charge is 0.323 e. The van der Waals surface area contributed by atoms with Gasteiger partial charge in [0, 0.05) is 47.1 Å². The minimum Gasteiger partial charge on any atom is -0.324 e. The molecule has 5 rings (SSSR count). The molecule has 1 aliphatic rings. The van der Waals surface area contributed by atoms with Crippen LogP contribution in [0.1, 0.15) is 17.3 Å². The molecule has 0 spiro atoms. The Morgan fingerprint density at radius 3 is 2.40 bits per heavy atom. The number of carbonyl (C=O) groups excluding carboxylic acids is 2. The number of aryl methyl sites for hydroxylation is 1. The molecule has 2 aromatic heterocycles. The van der Waals surface area contributed by atoms with Gasteiger partial charge in [-0.05, 0) is 48.5 Å². The van der Waals surface area contributed by atoms with Gasteiger partial charge in [-0.3, -0.25) is 23.8 Å². The number of nitrogens with zero attached hydrogens (tertiary/aromatic N) is 5. The molecule has 10 nitrogen and oxygen atoms in total. The van der Waals surface area contributed by atoms with Gasteiger partial charge in [0.05, 0.1) is 24.6 Å². The summed E-state index contributed by atoms with van der Waals surface area (Å²) in [6, 6.07) is 12.3. The molecule has 3 heterocycles. The highest BCUT2D eigenvalue weighted by Gasteiger charge is 2.41. The Hall–Kier alpha value is -4.44. The average molecular weight is 490 g/mol. The summed E-state index contributed by atoms with van der Waals surface area (Å²) in [5.74, 6) is -0.378. The van der Waals surface area contributed by atoms with Crippen LogP contribution in [-0.2, 0) is 18.4 Å². The van der Waals surface area contributed by atoms with Gasteiger partial charge in [-0.25, -0.2) is 4.79 Å². The first-order chi connectivity index (χ1) is 16.9. The van der Waals surface area contributed by atoms with E-state index in [9.17, 15) is 14.4 Å². The summed E-state index contributed by atoms with van der Waals surface area (Å²) in [5, 5.41) is 10.5. The normalized spacial score (nSPS) is 14.5. The highest BCUT2D eigenvalue weighted by atomic mass is 35.5. The van der Waals surface area contributed by atoms with Crippen molar-refractivity contribution in [3.8, 4) is 5.69 Å². The lowest BCUT2D eigenvalue weighted by Gasteiger charge is -2.25. The van der Waals surface area contributed by atoms with Gasteiger partial charge in [0.1, 0.15) is 6.04 Å².